The zero-order valence-electron chi connectivity index (χ0n) is 12.9. The molecule has 3 aromatic rings. The summed E-state index contributed by atoms with van der Waals surface area (Å²) in [5, 5.41) is 0. The molecule has 2 aliphatic rings. The van der Waals surface area contributed by atoms with Crippen molar-refractivity contribution in [2.75, 3.05) is 16.8 Å². The van der Waals surface area contributed by atoms with Crippen molar-refractivity contribution in [3.05, 3.63) is 48.5 Å². The van der Waals surface area contributed by atoms with Crippen LogP contribution in [0.1, 0.15) is 0 Å². The molecule has 0 aliphatic carbocycles. The van der Waals surface area contributed by atoms with E-state index in [1.807, 2.05) is 0 Å². The summed E-state index contributed by atoms with van der Waals surface area (Å²) in [5.41, 5.74) is 4.85. The van der Waals surface area contributed by atoms with Crippen LogP contribution in [0.15, 0.2) is 53.5 Å². The van der Waals surface area contributed by atoms with E-state index in [2.05, 4.69) is 81.6 Å². The fourth-order valence-electron chi connectivity index (χ4n) is 3.53. The molecule has 5 rings (SSSR count). The summed E-state index contributed by atoms with van der Waals surface area (Å²) in [6.45, 7) is 0.789. The van der Waals surface area contributed by atoms with Gasteiger partial charge in [-0.3, -0.25) is 9.80 Å². The van der Waals surface area contributed by atoms with Gasteiger partial charge in [-0.15, -0.1) is 0 Å². The lowest BCUT2D eigenvalue weighted by Gasteiger charge is -2.20. The van der Waals surface area contributed by atoms with E-state index in [0.29, 0.717) is 0 Å². The molecule has 5 nitrogen and oxygen atoms in total. The number of guanidine groups is 1. The van der Waals surface area contributed by atoms with Crippen LogP contribution in [0.2, 0.25) is 0 Å². The number of hydrogen-bond acceptors (Lipinski definition) is 3. The van der Waals surface area contributed by atoms with Crippen molar-refractivity contribution >= 4 is 34.3 Å². The molecule has 23 heavy (non-hydrogen) atoms. The van der Waals surface area contributed by atoms with Crippen molar-refractivity contribution in [2.45, 2.75) is 6.67 Å². The molecule has 2 aliphatic heterocycles. The highest BCUT2D eigenvalue weighted by Crippen LogP contribution is 2.39. The minimum Gasteiger partial charge on any atom is -1.00 e. The number of imidazole rings is 1. The number of hydrogen-bond donors (Lipinski definition) is 0. The molecule has 0 unspecified atom stereocenters. The molecule has 3 heterocycles. The van der Waals surface area contributed by atoms with Gasteiger partial charge in [0.2, 0.25) is 0 Å². The number of para-hydroxylation sites is 4. The van der Waals surface area contributed by atoms with Gasteiger partial charge in [0.25, 0.3) is 5.96 Å². The number of aromatic nitrogens is 2. The highest BCUT2D eigenvalue weighted by molar-refractivity contribution is 6.16. The van der Waals surface area contributed by atoms with E-state index in [9.17, 15) is 0 Å². The van der Waals surface area contributed by atoms with Gasteiger partial charge in [-0.2, -0.15) is 0 Å². The van der Waals surface area contributed by atoms with Gasteiger partial charge in [0, 0.05) is 7.05 Å². The number of fused-ring (bicyclic) bond motifs is 6. The largest absolute Gasteiger partial charge is 1.00 e. The average Bonchev–Trinajstić information content (AvgIpc) is 3.01. The molecular formula is C17H16IN5. The van der Waals surface area contributed by atoms with E-state index in [1.165, 1.54) is 22.4 Å². The van der Waals surface area contributed by atoms with Crippen LogP contribution in [0, 0.1) is 0 Å². The summed E-state index contributed by atoms with van der Waals surface area (Å²) in [6.07, 6.45) is 0. The molecule has 0 radical (unpaired) electrons. The first-order valence-corrected chi connectivity index (χ1v) is 7.42. The van der Waals surface area contributed by atoms with Gasteiger partial charge in [-0.05, 0) is 29.3 Å². The van der Waals surface area contributed by atoms with Gasteiger partial charge >= 0.3 is 5.95 Å². The van der Waals surface area contributed by atoms with Crippen LogP contribution in [-0.4, -0.2) is 17.6 Å². The molecule has 0 saturated heterocycles. The molecule has 0 bridgehead atoms. The molecule has 0 atom stereocenters. The Balaban J connectivity index is 0.00000135. The summed E-state index contributed by atoms with van der Waals surface area (Å²) in [5.74, 6) is 1.99. The Hall–Kier alpha value is -2.09. The normalized spacial score (nSPS) is 15.0. The maximum absolute atomic E-state index is 4.93. The molecule has 0 fully saturated rings. The number of nitrogens with zero attached hydrogens (tertiary/aromatic N) is 5. The van der Waals surface area contributed by atoms with Crippen molar-refractivity contribution < 1.29 is 28.5 Å². The fraction of sp³-hybridized carbons (Fsp3) is 0.176. The van der Waals surface area contributed by atoms with E-state index in [0.717, 1.165) is 18.6 Å². The first-order valence-electron chi connectivity index (χ1n) is 7.42. The molecule has 0 saturated carbocycles. The Morgan fingerprint density at radius 1 is 1.00 bits per heavy atom. The van der Waals surface area contributed by atoms with Gasteiger partial charge in [-0.1, -0.05) is 24.3 Å². The summed E-state index contributed by atoms with van der Waals surface area (Å²) in [7, 11) is 4.16. The Morgan fingerprint density at radius 3 is 2.52 bits per heavy atom. The molecule has 0 N–H and O–H groups in total. The lowest BCUT2D eigenvalue weighted by molar-refractivity contribution is -0.632. The number of aliphatic imine (C=N–C) groups is 1. The second-order valence-corrected chi connectivity index (χ2v) is 5.80. The maximum Gasteiger partial charge on any atom is 0.404 e. The average molecular weight is 417 g/mol. The van der Waals surface area contributed by atoms with E-state index in [4.69, 9.17) is 4.99 Å². The minimum atomic E-state index is 0. The molecule has 2 aromatic carbocycles. The van der Waals surface area contributed by atoms with Gasteiger partial charge in [0.1, 0.15) is 11.0 Å². The second kappa shape index (κ2) is 4.95. The lowest BCUT2D eigenvalue weighted by atomic mass is 10.2. The predicted molar refractivity (Wildman–Crippen MR) is 87.5 cm³/mol. The van der Waals surface area contributed by atoms with E-state index in [1.54, 1.807) is 0 Å². The van der Waals surface area contributed by atoms with Gasteiger partial charge in [0.15, 0.2) is 6.67 Å². The Labute approximate surface area is 151 Å². The fourth-order valence-corrected chi connectivity index (χ4v) is 3.53. The Bertz CT molecular complexity index is 959. The van der Waals surface area contributed by atoms with Crippen molar-refractivity contribution in [3.63, 3.8) is 0 Å². The number of anilines is 2. The van der Waals surface area contributed by atoms with E-state index in [-0.39, 0.29) is 24.0 Å². The lowest BCUT2D eigenvalue weighted by Crippen LogP contribution is -3.00. The standard InChI is InChI=1S/C17H16N5.HI/c1-19-12-7-3-5-9-14(12)21-11-22-15-10-6-4-8-13(15)20(2)17(22)18-16(19)21;/h3-10H,11H2,1-2H3;1H/q+1;/p-1. The van der Waals surface area contributed by atoms with Gasteiger partial charge in [0.05, 0.1) is 18.4 Å². The van der Waals surface area contributed by atoms with Crippen LogP contribution >= 0.6 is 0 Å². The van der Waals surface area contributed by atoms with Gasteiger partial charge in [-0.25, -0.2) is 9.13 Å². The minimum absolute atomic E-state index is 0. The molecular weight excluding hydrogens is 401 g/mol. The maximum atomic E-state index is 4.93. The predicted octanol–water partition coefficient (Wildman–Crippen LogP) is -0.615. The summed E-state index contributed by atoms with van der Waals surface area (Å²) < 4.78 is 4.44. The van der Waals surface area contributed by atoms with E-state index < -0.39 is 0 Å². The summed E-state index contributed by atoms with van der Waals surface area (Å²) >= 11 is 0. The van der Waals surface area contributed by atoms with Crippen molar-refractivity contribution in [3.8, 4) is 0 Å². The van der Waals surface area contributed by atoms with Crippen LogP contribution < -0.4 is 38.3 Å². The van der Waals surface area contributed by atoms with Crippen LogP contribution in [-0.2, 0) is 13.7 Å². The molecule has 0 amide bonds. The number of benzene rings is 2. The first kappa shape index (κ1) is 14.5. The topological polar surface area (TPSA) is 27.6 Å². The number of halogens is 1. The Kier molecular flexibility index (Phi) is 3.12. The highest BCUT2D eigenvalue weighted by Gasteiger charge is 2.40. The number of aryl methyl sites for hydroxylation is 1. The Morgan fingerprint density at radius 2 is 1.70 bits per heavy atom. The number of rotatable bonds is 0. The van der Waals surface area contributed by atoms with E-state index >= 15 is 0 Å². The third-order valence-corrected chi connectivity index (χ3v) is 4.63. The second-order valence-electron chi connectivity index (χ2n) is 5.80. The van der Waals surface area contributed by atoms with Crippen molar-refractivity contribution in [1.82, 2.24) is 4.57 Å². The first-order chi connectivity index (χ1) is 10.8. The molecule has 1 aromatic heterocycles. The van der Waals surface area contributed by atoms with Crippen LogP contribution in [0.25, 0.3) is 11.0 Å². The third-order valence-electron chi connectivity index (χ3n) is 4.63. The zero-order chi connectivity index (χ0) is 14.8. The van der Waals surface area contributed by atoms with Crippen LogP contribution in [0.4, 0.5) is 17.3 Å². The van der Waals surface area contributed by atoms with Crippen LogP contribution in [0.5, 0.6) is 0 Å². The van der Waals surface area contributed by atoms with Gasteiger partial charge < -0.3 is 24.0 Å². The zero-order valence-corrected chi connectivity index (χ0v) is 15.1. The summed E-state index contributed by atoms with van der Waals surface area (Å²) in [4.78, 5) is 9.37. The third kappa shape index (κ3) is 1.78. The molecule has 6 heteroatoms. The monoisotopic (exact) mass is 417 g/mol. The SMILES string of the molecule is CN1C2=Nc3n(c4ccccc4[n+]3C)CN2c2ccccc21.[I-]. The molecule has 0 spiro atoms. The quantitative estimate of drug-likeness (QED) is 0.361. The smallest absolute Gasteiger partial charge is 0.404 e. The van der Waals surface area contributed by atoms with Crippen molar-refractivity contribution in [1.29, 1.82) is 0 Å². The van der Waals surface area contributed by atoms with Crippen molar-refractivity contribution in [2.24, 2.45) is 12.0 Å². The summed E-state index contributed by atoms with van der Waals surface area (Å²) in [6, 6.07) is 16.9. The molecule has 116 valence electrons. The highest BCUT2D eigenvalue weighted by atomic mass is 127. The van der Waals surface area contributed by atoms with Crippen LogP contribution in [0.3, 0.4) is 0 Å².